The van der Waals surface area contributed by atoms with Gasteiger partial charge in [-0.1, -0.05) is 18.2 Å². The molecule has 0 saturated carbocycles. The minimum atomic E-state index is -0.299. The molecule has 0 bridgehead atoms. The maximum Gasteiger partial charge on any atom is 0.254 e. The van der Waals surface area contributed by atoms with E-state index in [1.165, 1.54) is 6.07 Å². The minimum absolute atomic E-state index is 0.0194. The van der Waals surface area contributed by atoms with Gasteiger partial charge in [-0.2, -0.15) is 0 Å². The largest absolute Gasteiger partial charge is 0.334 e. The van der Waals surface area contributed by atoms with Crippen LogP contribution >= 0.6 is 38.5 Å². The molecule has 108 valence electrons. The fourth-order valence-electron chi connectivity index (χ4n) is 2.52. The zero-order valence-corrected chi connectivity index (χ0v) is 14.8. The zero-order chi connectivity index (χ0) is 15.0. The Labute approximate surface area is 144 Å². The van der Waals surface area contributed by atoms with E-state index in [9.17, 15) is 9.18 Å². The Hall–Kier alpha value is -0.950. The molecule has 2 nitrogen and oxygen atoms in total. The van der Waals surface area contributed by atoms with Crippen LogP contribution in [-0.2, 0) is 13.0 Å². The summed E-state index contributed by atoms with van der Waals surface area (Å²) in [6.45, 7) is 1.08. The highest BCUT2D eigenvalue weighted by atomic mass is 127. The first-order chi connectivity index (χ1) is 10.1. The second-order valence-corrected chi connectivity index (χ2v) is 7.03. The summed E-state index contributed by atoms with van der Waals surface area (Å²) in [5.41, 5.74) is 2.65. The molecule has 0 N–H and O–H groups in total. The van der Waals surface area contributed by atoms with E-state index in [4.69, 9.17) is 0 Å². The molecule has 0 aliphatic carbocycles. The molecule has 2 aromatic rings. The van der Waals surface area contributed by atoms with Gasteiger partial charge in [-0.15, -0.1) is 0 Å². The van der Waals surface area contributed by atoms with Crippen molar-refractivity contribution in [2.24, 2.45) is 0 Å². The topological polar surface area (TPSA) is 20.3 Å². The summed E-state index contributed by atoms with van der Waals surface area (Å²) in [4.78, 5) is 14.4. The zero-order valence-electron chi connectivity index (χ0n) is 11.1. The molecule has 1 amide bonds. The maximum absolute atomic E-state index is 13.6. The van der Waals surface area contributed by atoms with Crippen molar-refractivity contribution < 1.29 is 9.18 Å². The predicted octanol–water partition coefficient (Wildman–Crippen LogP) is 4.39. The molecule has 1 heterocycles. The molecule has 5 heteroatoms. The van der Waals surface area contributed by atoms with Crippen LogP contribution in [0.3, 0.4) is 0 Å². The van der Waals surface area contributed by atoms with Crippen molar-refractivity contribution in [3.63, 3.8) is 0 Å². The Balaban J connectivity index is 1.88. The number of halogens is 3. The highest BCUT2D eigenvalue weighted by Crippen LogP contribution is 2.26. The molecule has 0 atom stereocenters. The lowest BCUT2D eigenvalue weighted by atomic mass is 9.98. The van der Waals surface area contributed by atoms with Gasteiger partial charge < -0.3 is 4.90 Å². The normalized spacial score (nSPS) is 14.2. The first-order valence-corrected chi connectivity index (χ1v) is 8.44. The van der Waals surface area contributed by atoms with E-state index in [0.717, 1.165) is 26.7 Å². The number of hydrogen-bond donors (Lipinski definition) is 0. The monoisotopic (exact) mass is 459 g/mol. The molecule has 0 fully saturated rings. The van der Waals surface area contributed by atoms with Crippen LogP contribution in [-0.4, -0.2) is 17.4 Å². The van der Waals surface area contributed by atoms with Crippen molar-refractivity contribution in [2.75, 3.05) is 6.54 Å². The van der Waals surface area contributed by atoms with Crippen LogP contribution in [0.1, 0.15) is 21.5 Å². The number of hydrogen-bond acceptors (Lipinski definition) is 1. The van der Waals surface area contributed by atoms with Crippen LogP contribution in [0.4, 0.5) is 4.39 Å². The first-order valence-electron chi connectivity index (χ1n) is 6.57. The highest BCUT2D eigenvalue weighted by Gasteiger charge is 2.25. The lowest BCUT2D eigenvalue weighted by Crippen LogP contribution is -2.37. The van der Waals surface area contributed by atoms with Gasteiger partial charge >= 0.3 is 0 Å². The number of nitrogens with zero attached hydrogens (tertiary/aromatic N) is 1. The van der Waals surface area contributed by atoms with Crippen molar-refractivity contribution in [1.29, 1.82) is 0 Å². The predicted molar refractivity (Wildman–Crippen MR) is 91.7 cm³/mol. The SMILES string of the molecule is O=C1c2cc(I)ccc2CCN1Cc1cccc(F)c1Br. The van der Waals surface area contributed by atoms with E-state index in [1.807, 2.05) is 24.3 Å². The lowest BCUT2D eigenvalue weighted by molar-refractivity contribution is 0.0726. The molecule has 2 aromatic carbocycles. The summed E-state index contributed by atoms with van der Waals surface area (Å²) in [5.74, 6) is -0.280. The second kappa shape index (κ2) is 6.04. The number of fused-ring (bicyclic) bond motifs is 1. The van der Waals surface area contributed by atoms with Crippen LogP contribution in [0, 0.1) is 9.39 Å². The third kappa shape index (κ3) is 2.99. The minimum Gasteiger partial charge on any atom is -0.334 e. The Morgan fingerprint density at radius 3 is 2.90 bits per heavy atom. The van der Waals surface area contributed by atoms with Gasteiger partial charge in [-0.05, 0) is 74.3 Å². The second-order valence-electron chi connectivity index (χ2n) is 4.99. The van der Waals surface area contributed by atoms with E-state index in [1.54, 1.807) is 11.0 Å². The molecule has 0 unspecified atom stereocenters. The van der Waals surface area contributed by atoms with E-state index < -0.39 is 0 Å². The summed E-state index contributed by atoms with van der Waals surface area (Å²) in [5, 5.41) is 0. The molecule has 3 rings (SSSR count). The molecule has 1 aliphatic heterocycles. The summed E-state index contributed by atoms with van der Waals surface area (Å²) in [6.07, 6.45) is 0.838. The van der Waals surface area contributed by atoms with Gasteiger partial charge in [0.05, 0.1) is 4.47 Å². The van der Waals surface area contributed by atoms with E-state index >= 15 is 0 Å². The number of carbonyl (C=O) groups excluding carboxylic acids is 1. The summed E-state index contributed by atoms with van der Waals surface area (Å²) in [6, 6.07) is 10.9. The average molecular weight is 460 g/mol. The molecule has 0 radical (unpaired) electrons. The van der Waals surface area contributed by atoms with Gasteiger partial charge in [0.1, 0.15) is 5.82 Å². The standard InChI is InChI=1S/C16H12BrFINO/c17-15-11(2-1-3-14(15)18)9-20-7-6-10-4-5-12(19)8-13(10)16(20)21/h1-5,8H,6-7,9H2. The van der Waals surface area contributed by atoms with E-state index in [0.29, 0.717) is 17.6 Å². The van der Waals surface area contributed by atoms with Crippen LogP contribution in [0.5, 0.6) is 0 Å². The van der Waals surface area contributed by atoms with Crippen LogP contribution in [0.25, 0.3) is 0 Å². The molecular formula is C16H12BrFINO. The highest BCUT2D eigenvalue weighted by molar-refractivity contribution is 14.1. The molecule has 1 aliphatic rings. The summed E-state index contributed by atoms with van der Waals surface area (Å²) >= 11 is 5.46. The lowest BCUT2D eigenvalue weighted by Gasteiger charge is -2.29. The number of benzene rings is 2. The van der Waals surface area contributed by atoms with E-state index in [-0.39, 0.29) is 11.7 Å². The van der Waals surface area contributed by atoms with Gasteiger partial charge in [-0.25, -0.2) is 4.39 Å². The number of amides is 1. The van der Waals surface area contributed by atoms with Gasteiger partial charge in [0.2, 0.25) is 0 Å². The molecule has 0 aromatic heterocycles. The van der Waals surface area contributed by atoms with E-state index in [2.05, 4.69) is 38.5 Å². The van der Waals surface area contributed by atoms with Gasteiger partial charge in [0, 0.05) is 22.2 Å². The summed E-state index contributed by atoms with van der Waals surface area (Å²) in [7, 11) is 0. The third-order valence-electron chi connectivity index (χ3n) is 3.63. The number of rotatable bonds is 2. The van der Waals surface area contributed by atoms with Crippen molar-refractivity contribution >= 4 is 44.4 Å². The fraction of sp³-hybridized carbons (Fsp3) is 0.188. The molecular weight excluding hydrogens is 448 g/mol. The van der Waals surface area contributed by atoms with Gasteiger partial charge in [0.15, 0.2) is 0 Å². The Kier molecular flexibility index (Phi) is 4.31. The van der Waals surface area contributed by atoms with Crippen molar-refractivity contribution in [1.82, 2.24) is 4.90 Å². The Morgan fingerprint density at radius 1 is 1.29 bits per heavy atom. The Bertz CT molecular complexity index is 719. The molecule has 0 saturated heterocycles. The average Bonchev–Trinajstić information content (AvgIpc) is 2.47. The van der Waals surface area contributed by atoms with Gasteiger partial charge in [-0.3, -0.25) is 4.79 Å². The number of carbonyl (C=O) groups is 1. The molecule has 0 spiro atoms. The van der Waals surface area contributed by atoms with Crippen molar-refractivity contribution in [2.45, 2.75) is 13.0 Å². The Morgan fingerprint density at radius 2 is 2.10 bits per heavy atom. The van der Waals surface area contributed by atoms with Crippen molar-refractivity contribution in [3.8, 4) is 0 Å². The van der Waals surface area contributed by atoms with Crippen LogP contribution in [0.2, 0.25) is 0 Å². The smallest absolute Gasteiger partial charge is 0.254 e. The van der Waals surface area contributed by atoms with Crippen LogP contribution in [0.15, 0.2) is 40.9 Å². The van der Waals surface area contributed by atoms with Gasteiger partial charge in [0.25, 0.3) is 5.91 Å². The molecule has 21 heavy (non-hydrogen) atoms. The third-order valence-corrected chi connectivity index (χ3v) is 5.19. The maximum atomic E-state index is 13.6. The van der Waals surface area contributed by atoms with Crippen molar-refractivity contribution in [3.05, 3.63) is 66.9 Å². The first kappa shape index (κ1) is 15.0. The van der Waals surface area contributed by atoms with Crippen LogP contribution < -0.4 is 0 Å². The quantitative estimate of drug-likeness (QED) is 0.610. The summed E-state index contributed by atoms with van der Waals surface area (Å²) < 4.78 is 15.1. The fourth-order valence-corrected chi connectivity index (χ4v) is 3.40.